The molecule has 0 aliphatic carbocycles. The van der Waals surface area contributed by atoms with Crippen LogP contribution in [0, 0.1) is 6.92 Å². The third-order valence-corrected chi connectivity index (χ3v) is 5.83. The molecule has 1 unspecified atom stereocenters. The summed E-state index contributed by atoms with van der Waals surface area (Å²) in [7, 11) is 1.54. The van der Waals surface area contributed by atoms with Gasteiger partial charge in [0.1, 0.15) is 17.3 Å². The molecule has 1 aliphatic rings. The lowest BCUT2D eigenvalue weighted by molar-refractivity contribution is -0.132. The van der Waals surface area contributed by atoms with Crippen molar-refractivity contribution in [3.63, 3.8) is 0 Å². The van der Waals surface area contributed by atoms with E-state index < -0.39 is 17.7 Å². The van der Waals surface area contributed by atoms with Crippen LogP contribution in [0.1, 0.15) is 36.1 Å². The second-order valence-electron chi connectivity index (χ2n) is 8.07. The molecule has 0 spiro atoms. The zero-order chi connectivity index (χ0) is 24.2. The summed E-state index contributed by atoms with van der Waals surface area (Å²) in [5, 5.41) is 11.4. The Hall–Kier alpha value is -4.06. The van der Waals surface area contributed by atoms with Crippen molar-refractivity contribution >= 4 is 23.1 Å². The Bertz CT molecular complexity index is 1260. The van der Waals surface area contributed by atoms with Crippen LogP contribution < -0.4 is 14.4 Å². The number of carbonyl (C=O) groups excluding carboxylic acids is 2. The predicted octanol–water partition coefficient (Wildman–Crippen LogP) is 5.42. The number of aryl methyl sites for hydroxylation is 1. The van der Waals surface area contributed by atoms with Crippen LogP contribution in [-0.2, 0) is 9.59 Å². The van der Waals surface area contributed by atoms with E-state index in [-0.39, 0.29) is 11.3 Å². The quantitative estimate of drug-likeness (QED) is 0.291. The molecule has 1 N–H and O–H groups in total. The monoisotopic (exact) mass is 457 g/mol. The van der Waals surface area contributed by atoms with Gasteiger partial charge < -0.3 is 14.6 Å². The first-order valence-corrected chi connectivity index (χ1v) is 11.2. The Morgan fingerprint density at radius 2 is 1.74 bits per heavy atom. The lowest BCUT2D eigenvalue weighted by atomic mass is 9.94. The fourth-order valence-electron chi connectivity index (χ4n) is 4.21. The fraction of sp³-hybridized carbons (Fsp3) is 0.214. The van der Waals surface area contributed by atoms with Crippen molar-refractivity contribution in [1.29, 1.82) is 0 Å². The zero-order valence-electron chi connectivity index (χ0n) is 19.4. The zero-order valence-corrected chi connectivity index (χ0v) is 19.4. The minimum atomic E-state index is -0.863. The number of aliphatic hydroxyl groups is 1. The first-order chi connectivity index (χ1) is 16.5. The van der Waals surface area contributed by atoms with Crippen LogP contribution in [0.5, 0.6) is 11.5 Å². The van der Waals surface area contributed by atoms with Crippen LogP contribution in [0.3, 0.4) is 0 Å². The van der Waals surface area contributed by atoms with E-state index in [1.54, 1.807) is 42.5 Å². The molecule has 3 aromatic rings. The smallest absolute Gasteiger partial charge is 0.300 e. The molecule has 4 rings (SSSR count). The van der Waals surface area contributed by atoms with Crippen molar-refractivity contribution in [1.82, 2.24) is 0 Å². The van der Waals surface area contributed by atoms with Gasteiger partial charge in [0.05, 0.1) is 25.3 Å². The van der Waals surface area contributed by atoms with Crippen LogP contribution in [0.25, 0.3) is 5.76 Å². The van der Waals surface area contributed by atoms with Crippen molar-refractivity contribution in [2.75, 3.05) is 18.6 Å². The summed E-state index contributed by atoms with van der Waals surface area (Å²) in [5.74, 6) is -0.624. The molecule has 1 amide bonds. The van der Waals surface area contributed by atoms with E-state index in [4.69, 9.17) is 9.47 Å². The molecule has 1 saturated heterocycles. The Balaban J connectivity index is 1.94. The molecule has 34 heavy (non-hydrogen) atoms. The average molecular weight is 458 g/mol. The van der Waals surface area contributed by atoms with Gasteiger partial charge >= 0.3 is 0 Å². The highest BCUT2D eigenvalue weighted by Gasteiger charge is 2.48. The standard InChI is InChI=1S/C28H27NO5/c1-4-16-34-20-12-9-11-19(17-20)26(30)24-25(21-13-6-8-15-23(21)33-3)29(28(32)27(24)31)22-14-7-5-10-18(22)2/h5-15,17,25,30H,4,16H2,1-3H3/b26-24+. The van der Waals surface area contributed by atoms with Gasteiger partial charge in [-0.15, -0.1) is 0 Å². The lowest BCUT2D eigenvalue weighted by Gasteiger charge is -2.27. The SMILES string of the molecule is CCCOc1cccc(/C(O)=C2\C(=O)C(=O)N(c3ccccc3C)C2c2ccccc2OC)c1. The summed E-state index contributed by atoms with van der Waals surface area (Å²) >= 11 is 0. The van der Waals surface area contributed by atoms with E-state index in [1.165, 1.54) is 12.0 Å². The maximum absolute atomic E-state index is 13.4. The average Bonchev–Trinajstić information content (AvgIpc) is 3.12. The molecule has 0 radical (unpaired) electrons. The van der Waals surface area contributed by atoms with E-state index in [9.17, 15) is 14.7 Å². The van der Waals surface area contributed by atoms with Gasteiger partial charge in [-0.05, 0) is 43.2 Å². The molecule has 6 heteroatoms. The van der Waals surface area contributed by atoms with Crippen LogP contribution in [-0.4, -0.2) is 30.5 Å². The van der Waals surface area contributed by atoms with Crippen molar-refractivity contribution in [2.24, 2.45) is 0 Å². The topological polar surface area (TPSA) is 76.1 Å². The fourth-order valence-corrected chi connectivity index (χ4v) is 4.21. The minimum Gasteiger partial charge on any atom is -0.507 e. The van der Waals surface area contributed by atoms with E-state index >= 15 is 0 Å². The van der Waals surface area contributed by atoms with Gasteiger partial charge in [-0.3, -0.25) is 14.5 Å². The Morgan fingerprint density at radius 1 is 1.00 bits per heavy atom. The Morgan fingerprint density at radius 3 is 2.47 bits per heavy atom. The van der Waals surface area contributed by atoms with E-state index in [0.717, 1.165) is 12.0 Å². The number of anilines is 1. The summed E-state index contributed by atoms with van der Waals surface area (Å²) in [4.78, 5) is 28.2. The number of benzene rings is 3. The van der Waals surface area contributed by atoms with E-state index in [1.807, 2.05) is 44.2 Å². The van der Waals surface area contributed by atoms with Crippen LogP contribution in [0.4, 0.5) is 5.69 Å². The highest BCUT2D eigenvalue weighted by molar-refractivity contribution is 6.51. The van der Waals surface area contributed by atoms with Gasteiger partial charge in [0.15, 0.2) is 0 Å². The third-order valence-electron chi connectivity index (χ3n) is 5.83. The van der Waals surface area contributed by atoms with Gasteiger partial charge in [-0.1, -0.05) is 55.5 Å². The summed E-state index contributed by atoms with van der Waals surface area (Å²) in [5.41, 5.74) is 2.44. The highest BCUT2D eigenvalue weighted by atomic mass is 16.5. The number of ether oxygens (including phenoxy) is 2. The second-order valence-corrected chi connectivity index (χ2v) is 8.07. The first-order valence-electron chi connectivity index (χ1n) is 11.2. The Labute approximate surface area is 199 Å². The predicted molar refractivity (Wildman–Crippen MR) is 131 cm³/mol. The third kappa shape index (κ3) is 4.15. The van der Waals surface area contributed by atoms with Crippen LogP contribution >= 0.6 is 0 Å². The summed E-state index contributed by atoms with van der Waals surface area (Å²) in [6.07, 6.45) is 0.839. The van der Waals surface area contributed by atoms with Gasteiger partial charge in [0.25, 0.3) is 11.7 Å². The molecule has 1 heterocycles. The number of aliphatic hydroxyl groups excluding tert-OH is 1. The largest absolute Gasteiger partial charge is 0.507 e. The van der Waals surface area contributed by atoms with E-state index in [2.05, 4.69) is 0 Å². The molecule has 0 saturated carbocycles. The number of methoxy groups -OCH3 is 1. The number of ketones is 1. The number of carbonyl (C=O) groups is 2. The number of nitrogens with zero attached hydrogens (tertiary/aromatic N) is 1. The molecular weight excluding hydrogens is 430 g/mol. The second kappa shape index (κ2) is 9.83. The van der Waals surface area contributed by atoms with Crippen molar-refractivity contribution in [2.45, 2.75) is 26.3 Å². The van der Waals surface area contributed by atoms with Crippen molar-refractivity contribution in [3.8, 4) is 11.5 Å². The summed E-state index contributed by atoms with van der Waals surface area (Å²) < 4.78 is 11.3. The maximum Gasteiger partial charge on any atom is 0.300 e. The number of Topliss-reactive ketones (excluding diaryl/α,β-unsaturated/α-hetero) is 1. The molecule has 0 bridgehead atoms. The Kier molecular flexibility index (Phi) is 6.68. The number of hydrogen-bond donors (Lipinski definition) is 1. The lowest BCUT2D eigenvalue weighted by Crippen LogP contribution is -2.30. The van der Waals surface area contributed by atoms with Gasteiger partial charge in [0.2, 0.25) is 0 Å². The highest BCUT2D eigenvalue weighted by Crippen LogP contribution is 2.45. The number of para-hydroxylation sites is 2. The summed E-state index contributed by atoms with van der Waals surface area (Å²) in [6, 6.07) is 20.6. The van der Waals surface area contributed by atoms with Crippen LogP contribution in [0.2, 0.25) is 0 Å². The maximum atomic E-state index is 13.4. The molecule has 1 fully saturated rings. The number of rotatable bonds is 7. The molecule has 1 aliphatic heterocycles. The van der Waals surface area contributed by atoms with E-state index in [0.29, 0.717) is 34.9 Å². The van der Waals surface area contributed by atoms with Gasteiger partial charge in [-0.25, -0.2) is 0 Å². The minimum absolute atomic E-state index is 0.00499. The van der Waals surface area contributed by atoms with Crippen molar-refractivity contribution in [3.05, 3.63) is 95.1 Å². The molecular formula is C28H27NO5. The molecule has 0 aromatic heterocycles. The normalized spacial score (nSPS) is 17.1. The molecule has 1 atom stereocenters. The van der Waals surface area contributed by atoms with Crippen molar-refractivity contribution < 1.29 is 24.2 Å². The molecule has 174 valence electrons. The number of amides is 1. The number of hydrogen-bond acceptors (Lipinski definition) is 5. The summed E-state index contributed by atoms with van der Waals surface area (Å²) in [6.45, 7) is 4.41. The molecule has 6 nitrogen and oxygen atoms in total. The first kappa shape index (κ1) is 23.1. The van der Waals surface area contributed by atoms with Gasteiger partial charge in [-0.2, -0.15) is 0 Å². The molecule has 3 aromatic carbocycles. The van der Waals surface area contributed by atoms with Gasteiger partial charge in [0, 0.05) is 16.8 Å². The van der Waals surface area contributed by atoms with Crippen LogP contribution in [0.15, 0.2) is 78.4 Å².